The van der Waals surface area contributed by atoms with Crippen LogP contribution in [-0.4, -0.2) is 0 Å². The highest BCUT2D eigenvalue weighted by atomic mass is 16.3. The summed E-state index contributed by atoms with van der Waals surface area (Å²) >= 11 is 0. The standard InChI is InChI=1S/C25H20NO/c1-25(2)19-10-5-4-9-17(19)24-20(25)15-18(23-12-7-13-27-23)22-14-16-8-3-6-11-21(16)26(22)24/h3-13,15H,14H2,1-2H3/q+1. The third-order valence-electron chi connectivity index (χ3n) is 6.25. The van der Waals surface area contributed by atoms with Crippen LogP contribution < -0.4 is 4.57 Å². The molecule has 1 aliphatic carbocycles. The molecular formula is C25H20NO+. The van der Waals surface area contributed by atoms with Crippen LogP contribution in [0.4, 0.5) is 0 Å². The van der Waals surface area contributed by atoms with Crippen LogP contribution in [0.15, 0.2) is 77.4 Å². The first-order valence-electron chi connectivity index (χ1n) is 9.51. The van der Waals surface area contributed by atoms with Crippen LogP contribution in [0.5, 0.6) is 0 Å². The van der Waals surface area contributed by atoms with Gasteiger partial charge in [-0.1, -0.05) is 50.2 Å². The van der Waals surface area contributed by atoms with E-state index in [0.717, 1.165) is 12.2 Å². The Kier molecular flexibility index (Phi) is 2.76. The topological polar surface area (TPSA) is 17.0 Å². The fourth-order valence-electron chi connectivity index (χ4n) is 4.94. The lowest BCUT2D eigenvalue weighted by molar-refractivity contribution is -0.585. The van der Waals surface area contributed by atoms with Gasteiger partial charge in [-0.3, -0.25) is 0 Å². The summed E-state index contributed by atoms with van der Waals surface area (Å²) in [5.74, 6) is 0.945. The van der Waals surface area contributed by atoms with Gasteiger partial charge >= 0.3 is 0 Å². The number of aromatic nitrogens is 1. The number of fused-ring (bicyclic) bond motifs is 7. The van der Waals surface area contributed by atoms with Gasteiger partial charge in [-0.15, -0.1) is 0 Å². The van der Waals surface area contributed by atoms with E-state index in [9.17, 15) is 0 Å². The summed E-state index contributed by atoms with van der Waals surface area (Å²) in [6.45, 7) is 4.66. The molecule has 0 saturated carbocycles. The average molecular weight is 350 g/mol. The molecule has 0 atom stereocenters. The highest BCUT2D eigenvalue weighted by Crippen LogP contribution is 2.49. The number of pyridine rings is 1. The predicted octanol–water partition coefficient (Wildman–Crippen LogP) is 5.43. The molecule has 1 aliphatic heterocycles. The van der Waals surface area contributed by atoms with Crippen molar-refractivity contribution in [3.63, 3.8) is 0 Å². The Balaban J connectivity index is 1.79. The van der Waals surface area contributed by atoms with Crippen molar-refractivity contribution in [2.45, 2.75) is 25.7 Å². The smallest absolute Gasteiger partial charge is 0.223 e. The molecule has 2 heteroatoms. The Morgan fingerprint density at radius 1 is 0.852 bits per heavy atom. The monoisotopic (exact) mass is 350 g/mol. The van der Waals surface area contributed by atoms with Crippen molar-refractivity contribution in [1.82, 2.24) is 0 Å². The summed E-state index contributed by atoms with van der Waals surface area (Å²) in [6.07, 6.45) is 2.70. The quantitative estimate of drug-likeness (QED) is 0.368. The van der Waals surface area contributed by atoms with E-state index in [2.05, 4.69) is 79.1 Å². The summed E-state index contributed by atoms with van der Waals surface area (Å²) < 4.78 is 8.32. The number of rotatable bonds is 1. The van der Waals surface area contributed by atoms with E-state index in [4.69, 9.17) is 4.42 Å². The normalized spacial score (nSPS) is 15.2. The van der Waals surface area contributed by atoms with Crippen LogP contribution >= 0.6 is 0 Å². The van der Waals surface area contributed by atoms with Crippen molar-refractivity contribution in [3.05, 3.63) is 95.4 Å². The van der Waals surface area contributed by atoms with Gasteiger partial charge in [0.1, 0.15) is 5.76 Å². The molecule has 130 valence electrons. The van der Waals surface area contributed by atoms with E-state index < -0.39 is 0 Å². The Morgan fingerprint density at radius 2 is 1.67 bits per heavy atom. The highest BCUT2D eigenvalue weighted by Gasteiger charge is 2.46. The average Bonchev–Trinajstić information content (AvgIpc) is 3.38. The van der Waals surface area contributed by atoms with Crippen LogP contribution in [-0.2, 0) is 11.8 Å². The first-order chi connectivity index (χ1) is 13.2. The van der Waals surface area contributed by atoms with Crippen molar-refractivity contribution in [1.29, 1.82) is 0 Å². The number of hydrogen-bond acceptors (Lipinski definition) is 1. The lowest BCUT2D eigenvalue weighted by Gasteiger charge is -2.20. The first-order valence-corrected chi connectivity index (χ1v) is 9.51. The fourth-order valence-corrected chi connectivity index (χ4v) is 4.94. The Hall–Kier alpha value is -3.13. The second-order valence-electron chi connectivity index (χ2n) is 8.06. The summed E-state index contributed by atoms with van der Waals surface area (Å²) in [6, 6.07) is 24.0. The number of para-hydroxylation sites is 1. The number of benzene rings is 2. The molecule has 0 radical (unpaired) electrons. The van der Waals surface area contributed by atoms with Gasteiger partial charge in [0.2, 0.25) is 17.1 Å². The maximum atomic E-state index is 5.84. The molecule has 0 N–H and O–H groups in total. The Labute approximate surface area is 158 Å². The fraction of sp³-hybridized carbons (Fsp3) is 0.160. The van der Waals surface area contributed by atoms with Gasteiger partial charge < -0.3 is 4.42 Å². The third-order valence-corrected chi connectivity index (χ3v) is 6.25. The van der Waals surface area contributed by atoms with Crippen molar-refractivity contribution in [2.75, 3.05) is 0 Å². The zero-order valence-electron chi connectivity index (χ0n) is 15.5. The molecule has 3 heterocycles. The molecule has 2 nitrogen and oxygen atoms in total. The molecule has 0 spiro atoms. The number of hydrogen-bond donors (Lipinski definition) is 0. The predicted molar refractivity (Wildman–Crippen MR) is 106 cm³/mol. The van der Waals surface area contributed by atoms with E-state index in [0.29, 0.717) is 0 Å². The maximum absolute atomic E-state index is 5.84. The van der Waals surface area contributed by atoms with E-state index in [1.807, 2.05) is 6.07 Å². The van der Waals surface area contributed by atoms with Gasteiger partial charge in [0, 0.05) is 22.6 Å². The largest absolute Gasteiger partial charge is 0.464 e. The molecule has 2 aromatic heterocycles. The molecule has 0 fully saturated rings. The summed E-state index contributed by atoms with van der Waals surface area (Å²) in [7, 11) is 0. The van der Waals surface area contributed by atoms with Crippen LogP contribution in [0.1, 0.15) is 36.2 Å². The molecule has 4 aromatic rings. The highest BCUT2D eigenvalue weighted by molar-refractivity contribution is 5.79. The first kappa shape index (κ1) is 15.0. The molecular weight excluding hydrogens is 330 g/mol. The van der Waals surface area contributed by atoms with Gasteiger partial charge in [-0.05, 0) is 29.8 Å². The molecule has 0 amide bonds. The van der Waals surface area contributed by atoms with Crippen LogP contribution in [0, 0.1) is 0 Å². The van der Waals surface area contributed by atoms with Crippen molar-refractivity contribution in [2.24, 2.45) is 0 Å². The van der Waals surface area contributed by atoms with Crippen LogP contribution in [0.3, 0.4) is 0 Å². The lowest BCUT2D eigenvalue weighted by Crippen LogP contribution is -2.36. The second-order valence-corrected chi connectivity index (χ2v) is 8.06. The third kappa shape index (κ3) is 1.83. The minimum atomic E-state index is -0.0349. The summed E-state index contributed by atoms with van der Waals surface area (Å²) in [5.41, 5.74) is 10.6. The number of furan rings is 1. The van der Waals surface area contributed by atoms with Crippen molar-refractivity contribution < 1.29 is 8.98 Å². The molecule has 6 rings (SSSR count). The lowest BCUT2D eigenvalue weighted by atomic mass is 9.82. The van der Waals surface area contributed by atoms with Gasteiger partial charge in [0.25, 0.3) is 0 Å². The molecule has 0 bridgehead atoms. The Bertz CT molecular complexity index is 1220. The van der Waals surface area contributed by atoms with Gasteiger partial charge in [0.15, 0.2) is 0 Å². The van der Waals surface area contributed by atoms with E-state index in [1.165, 1.54) is 44.9 Å². The molecule has 0 unspecified atom stereocenters. The molecule has 27 heavy (non-hydrogen) atoms. The molecule has 0 saturated heterocycles. The maximum Gasteiger partial charge on any atom is 0.223 e. The minimum Gasteiger partial charge on any atom is -0.464 e. The van der Waals surface area contributed by atoms with Crippen molar-refractivity contribution >= 4 is 0 Å². The Morgan fingerprint density at radius 3 is 2.52 bits per heavy atom. The minimum absolute atomic E-state index is 0.0349. The van der Waals surface area contributed by atoms with Gasteiger partial charge in [0.05, 0.1) is 23.8 Å². The van der Waals surface area contributed by atoms with E-state index in [1.54, 1.807) is 6.26 Å². The molecule has 2 aliphatic rings. The van der Waals surface area contributed by atoms with Crippen LogP contribution in [0.2, 0.25) is 0 Å². The summed E-state index contributed by atoms with van der Waals surface area (Å²) in [4.78, 5) is 0. The van der Waals surface area contributed by atoms with Gasteiger partial charge in [-0.25, -0.2) is 0 Å². The zero-order valence-corrected chi connectivity index (χ0v) is 15.5. The second kappa shape index (κ2) is 4.98. The number of nitrogens with zero attached hydrogens (tertiary/aromatic N) is 1. The molecule has 2 aromatic carbocycles. The van der Waals surface area contributed by atoms with Crippen molar-refractivity contribution in [3.8, 4) is 28.3 Å². The SMILES string of the molecule is CC1(C)c2ccccc2-c2c1cc(-c1ccco1)c1[n+]2-c2ccccc2C1. The van der Waals surface area contributed by atoms with E-state index >= 15 is 0 Å². The van der Waals surface area contributed by atoms with E-state index in [-0.39, 0.29) is 5.41 Å². The van der Waals surface area contributed by atoms with Gasteiger partial charge in [-0.2, -0.15) is 4.57 Å². The summed E-state index contributed by atoms with van der Waals surface area (Å²) in [5, 5.41) is 0. The van der Waals surface area contributed by atoms with Crippen LogP contribution in [0.25, 0.3) is 28.3 Å². The zero-order chi connectivity index (χ0) is 18.2.